The van der Waals surface area contributed by atoms with Gasteiger partial charge in [-0.1, -0.05) is 17.8 Å². The molecule has 1 aromatic carbocycles. The van der Waals surface area contributed by atoms with E-state index in [0.717, 1.165) is 42.5 Å². The van der Waals surface area contributed by atoms with Gasteiger partial charge in [0, 0.05) is 17.1 Å². The molecule has 26 heavy (non-hydrogen) atoms. The van der Waals surface area contributed by atoms with Crippen molar-refractivity contribution >= 4 is 30.6 Å². The summed E-state index contributed by atoms with van der Waals surface area (Å²) in [4.78, 5) is 12.5. The number of hydrogen-bond acceptors (Lipinski definition) is 6. The average Bonchev–Trinajstić information content (AvgIpc) is 2.83. The molecule has 2 fully saturated rings. The first-order valence-electron chi connectivity index (χ1n) is 9.13. The Balaban J connectivity index is 1.68. The summed E-state index contributed by atoms with van der Waals surface area (Å²) in [7, 11) is -0.552. The standard InChI is InChI=1S/C19H27BO5S/c1-18(2)19(3,4)25-20(24-18)16-11-15(9-8-14(16)12-21)26-13-23-17-7-5-6-10-22-17/h8-9,11-12,17H,5-7,10,13H2,1-4H3. The predicted molar refractivity (Wildman–Crippen MR) is 103 cm³/mol. The maximum Gasteiger partial charge on any atom is 0.495 e. The maximum atomic E-state index is 11.5. The van der Waals surface area contributed by atoms with Crippen molar-refractivity contribution in [1.29, 1.82) is 0 Å². The van der Waals surface area contributed by atoms with E-state index in [1.54, 1.807) is 11.8 Å². The molecule has 0 aliphatic carbocycles. The van der Waals surface area contributed by atoms with Gasteiger partial charge in [0.2, 0.25) is 0 Å². The van der Waals surface area contributed by atoms with Crippen LogP contribution in [0.25, 0.3) is 0 Å². The van der Waals surface area contributed by atoms with Crippen molar-refractivity contribution < 1.29 is 23.6 Å². The van der Waals surface area contributed by atoms with Crippen LogP contribution >= 0.6 is 11.8 Å². The van der Waals surface area contributed by atoms with Gasteiger partial charge in [0.25, 0.3) is 0 Å². The number of ether oxygens (including phenoxy) is 2. The first kappa shape index (κ1) is 19.9. The van der Waals surface area contributed by atoms with E-state index in [-0.39, 0.29) is 6.29 Å². The van der Waals surface area contributed by atoms with E-state index in [1.807, 2.05) is 45.9 Å². The molecule has 0 bridgehead atoms. The topological polar surface area (TPSA) is 54.0 Å². The molecule has 7 heteroatoms. The third-order valence-electron chi connectivity index (χ3n) is 5.31. The molecular weight excluding hydrogens is 351 g/mol. The van der Waals surface area contributed by atoms with Gasteiger partial charge in [0.15, 0.2) is 6.29 Å². The van der Waals surface area contributed by atoms with Gasteiger partial charge >= 0.3 is 7.12 Å². The first-order valence-corrected chi connectivity index (χ1v) is 10.1. The summed E-state index contributed by atoms with van der Waals surface area (Å²) in [6, 6.07) is 5.70. The van der Waals surface area contributed by atoms with Crippen molar-refractivity contribution in [3.05, 3.63) is 23.8 Å². The molecule has 5 nitrogen and oxygen atoms in total. The Kier molecular flexibility index (Phi) is 6.14. The molecule has 142 valence electrons. The molecule has 1 unspecified atom stereocenters. The molecule has 0 N–H and O–H groups in total. The van der Waals surface area contributed by atoms with E-state index in [0.29, 0.717) is 11.5 Å². The summed E-state index contributed by atoms with van der Waals surface area (Å²) in [5.41, 5.74) is 0.465. The largest absolute Gasteiger partial charge is 0.495 e. The second-order valence-electron chi connectivity index (χ2n) is 7.72. The van der Waals surface area contributed by atoms with E-state index < -0.39 is 18.3 Å². The molecule has 2 aliphatic heterocycles. The van der Waals surface area contributed by atoms with Crippen LogP contribution in [-0.4, -0.2) is 43.4 Å². The van der Waals surface area contributed by atoms with Crippen molar-refractivity contribution in [3.8, 4) is 0 Å². The third kappa shape index (κ3) is 4.34. The molecular formula is C19H27BO5S. The van der Waals surface area contributed by atoms with E-state index in [9.17, 15) is 4.79 Å². The van der Waals surface area contributed by atoms with Crippen LogP contribution in [0.2, 0.25) is 0 Å². The van der Waals surface area contributed by atoms with Crippen LogP contribution < -0.4 is 5.46 Å². The smallest absolute Gasteiger partial charge is 0.399 e. The van der Waals surface area contributed by atoms with Gasteiger partial charge in [-0.2, -0.15) is 0 Å². The summed E-state index contributed by atoms with van der Waals surface area (Å²) in [5, 5.41) is 0. The van der Waals surface area contributed by atoms with Crippen molar-refractivity contribution in [1.82, 2.24) is 0 Å². The quantitative estimate of drug-likeness (QED) is 0.327. The molecule has 2 aliphatic rings. The van der Waals surface area contributed by atoms with Gasteiger partial charge in [-0.15, -0.1) is 0 Å². The summed E-state index contributed by atoms with van der Waals surface area (Å²) in [6.45, 7) is 8.79. The lowest BCUT2D eigenvalue weighted by molar-refractivity contribution is -0.149. The molecule has 0 spiro atoms. The Hall–Kier alpha value is -0.855. The summed E-state index contributed by atoms with van der Waals surface area (Å²) < 4.78 is 23.6. The molecule has 1 aromatic rings. The first-order chi connectivity index (χ1) is 12.3. The number of thioether (sulfide) groups is 1. The highest BCUT2D eigenvalue weighted by atomic mass is 32.2. The second-order valence-corrected chi connectivity index (χ2v) is 8.72. The van der Waals surface area contributed by atoms with Crippen molar-refractivity contribution in [2.24, 2.45) is 0 Å². The van der Waals surface area contributed by atoms with Crippen LogP contribution in [0.15, 0.2) is 23.1 Å². The third-order valence-corrected chi connectivity index (χ3v) is 6.15. The van der Waals surface area contributed by atoms with Gasteiger partial charge in [0.05, 0.1) is 17.1 Å². The summed E-state index contributed by atoms with van der Waals surface area (Å²) in [6.07, 6.45) is 3.95. The highest BCUT2D eigenvalue weighted by Gasteiger charge is 2.52. The fourth-order valence-electron chi connectivity index (χ4n) is 2.94. The lowest BCUT2D eigenvalue weighted by Crippen LogP contribution is -2.41. The molecule has 2 saturated heterocycles. The maximum absolute atomic E-state index is 11.5. The number of rotatable bonds is 6. The van der Waals surface area contributed by atoms with Gasteiger partial charge < -0.3 is 18.8 Å². The van der Waals surface area contributed by atoms with E-state index in [4.69, 9.17) is 18.8 Å². The normalized spacial score (nSPS) is 24.6. The molecule has 3 rings (SSSR count). The highest BCUT2D eigenvalue weighted by Crippen LogP contribution is 2.37. The number of aldehydes is 1. The Morgan fingerprint density at radius 1 is 1.23 bits per heavy atom. The lowest BCUT2D eigenvalue weighted by Gasteiger charge is -2.32. The summed E-state index contributed by atoms with van der Waals surface area (Å²) >= 11 is 1.58. The van der Waals surface area contributed by atoms with Crippen molar-refractivity contribution in [2.45, 2.75) is 69.3 Å². The minimum atomic E-state index is -0.552. The molecule has 0 amide bonds. The second kappa shape index (κ2) is 8.03. The zero-order valence-electron chi connectivity index (χ0n) is 15.9. The minimum Gasteiger partial charge on any atom is -0.399 e. The van der Waals surface area contributed by atoms with E-state index in [2.05, 4.69) is 0 Å². The number of hydrogen-bond donors (Lipinski definition) is 0. The fraction of sp³-hybridized carbons (Fsp3) is 0.632. The number of carbonyl (C=O) groups is 1. The SMILES string of the molecule is CC1(C)OB(c2cc(SCOC3CCCCO3)ccc2C=O)OC1(C)C. The molecule has 1 atom stereocenters. The fourth-order valence-corrected chi connectivity index (χ4v) is 3.68. The number of benzene rings is 1. The van der Waals surface area contributed by atoms with E-state index >= 15 is 0 Å². The Morgan fingerprint density at radius 2 is 1.96 bits per heavy atom. The lowest BCUT2D eigenvalue weighted by atomic mass is 9.76. The average molecular weight is 378 g/mol. The summed E-state index contributed by atoms with van der Waals surface area (Å²) in [5.74, 6) is 0.508. The van der Waals surface area contributed by atoms with Crippen molar-refractivity contribution in [2.75, 3.05) is 12.5 Å². The van der Waals surface area contributed by atoms with Gasteiger partial charge in [-0.3, -0.25) is 4.79 Å². The van der Waals surface area contributed by atoms with Gasteiger partial charge in [0.1, 0.15) is 6.29 Å². The zero-order chi connectivity index (χ0) is 18.8. The predicted octanol–water partition coefficient (Wildman–Crippen LogP) is 3.39. The van der Waals surface area contributed by atoms with Gasteiger partial charge in [-0.25, -0.2) is 0 Å². The molecule has 2 heterocycles. The Bertz CT molecular complexity index is 627. The molecule has 0 radical (unpaired) electrons. The number of carbonyl (C=O) groups excluding carboxylic acids is 1. The van der Waals surface area contributed by atoms with Crippen LogP contribution in [0, 0.1) is 0 Å². The Morgan fingerprint density at radius 3 is 2.58 bits per heavy atom. The van der Waals surface area contributed by atoms with Crippen LogP contribution in [0.3, 0.4) is 0 Å². The molecule has 0 aromatic heterocycles. The van der Waals surface area contributed by atoms with E-state index in [1.165, 1.54) is 0 Å². The zero-order valence-corrected chi connectivity index (χ0v) is 16.8. The monoisotopic (exact) mass is 378 g/mol. The molecule has 0 saturated carbocycles. The minimum absolute atomic E-state index is 0.104. The van der Waals surface area contributed by atoms with Crippen LogP contribution in [0.5, 0.6) is 0 Å². The van der Waals surface area contributed by atoms with Crippen LogP contribution in [0.1, 0.15) is 57.3 Å². The highest BCUT2D eigenvalue weighted by molar-refractivity contribution is 7.99. The van der Waals surface area contributed by atoms with Gasteiger partial charge in [-0.05, 0) is 64.6 Å². The van der Waals surface area contributed by atoms with Crippen LogP contribution in [-0.2, 0) is 18.8 Å². The Labute approximate surface area is 160 Å². The van der Waals surface area contributed by atoms with Crippen LogP contribution in [0.4, 0.5) is 0 Å². The van der Waals surface area contributed by atoms with Crippen molar-refractivity contribution in [3.63, 3.8) is 0 Å².